The molecule has 0 spiro atoms. The minimum Gasteiger partial charge on any atom is -0.497 e. The van der Waals surface area contributed by atoms with E-state index >= 15 is 0 Å². The van der Waals surface area contributed by atoms with Crippen LogP contribution in [0.1, 0.15) is 18.9 Å². The van der Waals surface area contributed by atoms with Gasteiger partial charge in [-0.15, -0.1) is 0 Å². The topological polar surface area (TPSA) is 67.4 Å². The van der Waals surface area contributed by atoms with Gasteiger partial charge in [-0.25, -0.2) is 0 Å². The van der Waals surface area contributed by atoms with Gasteiger partial charge >= 0.3 is 0 Å². The molecule has 0 aliphatic rings. The summed E-state index contributed by atoms with van der Waals surface area (Å²) in [5, 5.41) is 5.20. The van der Waals surface area contributed by atoms with Crippen LogP contribution in [0.4, 0.5) is 0 Å². The van der Waals surface area contributed by atoms with Crippen LogP contribution in [0.2, 0.25) is 0 Å². The summed E-state index contributed by atoms with van der Waals surface area (Å²) in [6.45, 7) is 2.58. The molecule has 0 fully saturated rings. The van der Waals surface area contributed by atoms with E-state index in [4.69, 9.17) is 4.74 Å². The Morgan fingerprint density at radius 1 is 1.20 bits per heavy atom. The summed E-state index contributed by atoms with van der Waals surface area (Å²) in [5.41, 5.74) is 0.886. The van der Waals surface area contributed by atoms with E-state index in [1.165, 1.54) is 6.08 Å². The van der Waals surface area contributed by atoms with Crippen LogP contribution in [-0.4, -0.2) is 32.0 Å². The zero-order valence-corrected chi connectivity index (χ0v) is 11.8. The first-order valence-corrected chi connectivity index (χ1v) is 6.52. The Morgan fingerprint density at radius 3 is 2.50 bits per heavy atom. The quantitative estimate of drug-likeness (QED) is 0.739. The van der Waals surface area contributed by atoms with Crippen LogP contribution in [0.25, 0.3) is 6.08 Å². The van der Waals surface area contributed by atoms with Crippen molar-refractivity contribution in [3.63, 3.8) is 0 Å². The molecule has 108 valence electrons. The molecule has 1 aromatic carbocycles. The predicted octanol–water partition coefficient (Wildman–Crippen LogP) is 1.35. The molecule has 1 rings (SSSR count). The SMILES string of the molecule is CCCNC(=O)CNC(=O)/C=C/c1ccc(OC)cc1. The number of ether oxygens (including phenoxy) is 1. The fourth-order valence-electron chi connectivity index (χ4n) is 1.44. The first-order valence-electron chi connectivity index (χ1n) is 6.52. The highest BCUT2D eigenvalue weighted by molar-refractivity contribution is 5.94. The van der Waals surface area contributed by atoms with E-state index in [2.05, 4.69) is 10.6 Å². The maximum atomic E-state index is 11.5. The Hall–Kier alpha value is -2.30. The molecule has 0 saturated carbocycles. The van der Waals surface area contributed by atoms with Crippen molar-refractivity contribution in [3.05, 3.63) is 35.9 Å². The van der Waals surface area contributed by atoms with Gasteiger partial charge in [0.15, 0.2) is 0 Å². The normalized spacial score (nSPS) is 10.3. The fourth-order valence-corrected chi connectivity index (χ4v) is 1.44. The molecule has 2 N–H and O–H groups in total. The molecule has 0 bridgehead atoms. The summed E-state index contributed by atoms with van der Waals surface area (Å²) in [6, 6.07) is 7.32. The first kappa shape index (κ1) is 15.8. The number of hydrogen-bond acceptors (Lipinski definition) is 3. The second-order valence-electron chi connectivity index (χ2n) is 4.17. The van der Waals surface area contributed by atoms with Gasteiger partial charge in [-0.2, -0.15) is 0 Å². The molecule has 0 aromatic heterocycles. The summed E-state index contributed by atoms with van der Waals surface area (Å²) in [6.07, 6.45) is 3.95. The molecule has 0 radical (unpaired) electrons. The third-order valence-corrected chi connectivity index (χ3v) is 2.54. The lowest BCUT2D eigenvalue weighted by Crippen LogP contribution is -2.36. The largest absolute Gasteiger partial charge is 0.497 e. The molecule has 20 heavy (non-hydrogen) atoms. The zero-order chi connectivity index (χ0) is 14.8. The van der Waals surface area contributed by atoms with E-state index in [0.717, 1.165) is 17.7 Å². The molecule has 0 unspecified atom stereocenters. The molecule has 0 heterocycles. The van der Waals surface area contributed by atoms with Gasteiger partial charge in [0.2, 0.25) is 11.8 Å². The van der Waals surface area contributed by atoms with Gasteiger partial charge in [-0.3, -0.25) is 9.59 Å². The molecular formula is C15H20N2O3. The van der Waals surface area contributed by atoms with E-state index in [0.29, 0.717) is 6.54 Å². The van der Waals surface area contributed by atoms with Crippen molar-refractivity contribution in [3.8, 4) is 5.75 Å². The molecule has 0 atom stereocenters. The summed E-state index contributed by atoms with van der Waals surface area (Å²) in [5.74, 6) is 0.282. The molecule has 5 heteroatoms. The Balaban J connectivity index is 2.37. The van der Waals surface area contributed by atoms with Gasteiger partial charge in [0.05, 0.1) is 13.7 Å². The van der Waals surface area contributed by atoms with Crippen molar-refractivity contribution < 1.29 is 14.3 Å². The lowest BCUT2D eigenvalue weighted by molar-refractivity contribution is -0.123. The van der Waals surface area contributed by atoms with Gasteiger partial charge < -0.3 is 15.4 Å². The highest BCUT2D eigenvalue weighted by Crippen LogP contribution is 2.11. The number of benzene rings is 1. The van der Waals surface area contributed by atoms with Gasteiger partial charge in [-0.05, 0) is 30.2 Å². The van der Waals surface area contributed by atoms with Crippen LogP contribution in [-0.2, 0) is 9.59 Å². The highest BCUT2D eigenvalue weighted by atomic mass is 16.5. The average molecular weight is 276 g/mol. The van der Waals surface area contributed by atoms with Crippen LogP contribution in [0.15, 0.2) is 30.3 Å². The zero-order valence-electron chi connectivity index (χ0n) is 11.8. The maximum absolute atomic E-state index is 11.5. The Morgan fingerprint density at radius 2 is 1.90 bits per heavy atom. The molecule has 0 aliphatic heterocycles. The lowest BCUT2D eigenvalue weighted by atomic mass is 10.2. The molecule has 1 aromatic rings. The first-order chi connectivity index (χ1) is 9.65. The van der Waals surface area contributed by atoms with Crippen molar-refractivity contribution in [2.45, 2.75) is 13.3 Å². The van der Waals surface area contributed by atoms with Gasteiger partial charge in [0.1, 0.15) is 5.75 Å². The molecule has 2 amide bonds. The van der Waals surface area contributed by atoms with Crippen LogP contribution in [0.5, 0.6) is 5.75 Å². The number of carbonyl (C=O) groups excluding carboxylic acids is 2. The third-order valence-electron chi connectivity index (χ3n) is 2.54. The van der Waals surface area contributed by atoms with Crippen molar-refractivity contribution in [2.24, 2.45) is 0 Å². The minimum absolute atomic E-state index is 0.00815. The predicted molar refractivity (Wildman–Crippen MR) is 78.3 cm³/mol. The van der Waals surface area contributed by atoms with Crippen LogP contribution < -0.4 is 15.4 Å². The standard InChI is InChI=1S/C15H20N2O3/c1-3-10-16-15(19)11-17-14(18)9-6-12-4-7-13(20-2)8-5-12/h4-9H,3,10-11H2,1-2H3,(H,16,19)(H,17,18)/b9-6+. The maximum Gasteiger partial charge on any atom is 0.244 e. The summed E-state index contributed by atoms with van der Waals surface area (Å²) in [7, 11) is 1.60. The number of rotatable bonds is 7. The van der Waals surface area contributed by atoms with Crippen molar-refractivity contribution in [1.82, 2.24) is 10.6 Å². The van der Waals surface area contributed by atoms with Crippen LogP contribution >= 0.6 is 0 Å². The second kappa shape index (κ2) is 8.74. The third kappa shape index (κ3) is 6.04. The van der Waals surface area contributed by atoms with Crippen molar-refractivity contribution in [2.75, 3.05) is 20.2 Å². The van der Waals surface area contributed by atoms with Crippen molar-refractivity contribution in [1.29, 1.82) is 0 Å². The number of carbonyl (C=O) groups is 2. The molecule has 0 aliphatic carbocycles. The second-order valence-corrected chi connectivity index (χ2v) is 4.17. The van der Waals surface area contributed by atoms with E-state index in [-0.39, 0.29) is 18.4 Å². The lowest BCUT2D eigenvalue weighted by Gasteiger charge is -2.03. The number of hydrogen-bond donors (Lipinski definition) is 2. The molecule has 0 saturated heterocycles. The Bertz CT molecular complexity index is 467. The van der Waals surface area contributed by atoms with E-state index in [9.17, 15) is 9.59 Å². The average Bonchev–Trinajstić information content (AvgIpc) is 2.49. The Kier molecular flexibility index (Phi) is 6.89. The number of amides is 2. The van der Waals surface area contributed by atoms with Crippen molar-refractivity contribution >= 4 is 17.9 Å². The van der Waals surface area contributed by atoms with Crippen LogP contribution in [0.3, 0.4) is 0 Å². The number of nitrogens with one attached hydrogen (secondary N) is 2. The van der Waals surface area contributed by atoms with Crippen LogP contribution in [0, 0.1) is 0 Å². The highest BCUT2D eigenvalue weighted by Gasteiger charge is 2.01. The van der Waals surface area contributed by atoms with Gasteiger partial charge in [0.25, 0.3) is 0 Å². The van der Waals surface area contributed by atoms with E-state index in [1.807, 2.05) is 31.2 Å². The van der Waals surface area contributed by atoms with Gasteiger partial charge in [0, 0.05) is 12.6 Å². The summed E-state index contributed by atoms with van der Waals surface area (Å²) < 4.78 is 5.04. The Labute approximate surface area is 119 Å². The monoisotopic (exact) mass is 276 g/mol. The summed E-state index contributed by atoms with van der Waals surface area (Å²) >= 11 is 0. The fraction of sp³-hybridized carbons (Fsp3) is 0.333. The van der Waals surface area contributed by atoms with Gasteiger partial charge in [-0.1, -0.05) is 19.1 Å². The molecule has 5 nitrogen and oxygen atoms in total. The minimum atomic E-state index is -0.299. The smallest absolute Gasteiger partial charge is 0.244 e. The van der Waals surface area contributed by atoms with E-state index in [1.54, 1.807) is 13.2 Å². The number of methoxy groups -OCH3 is 1. The van der Waals surface area contributed by atoms with E-state index < -0.39 is 0 Å². The summed E-state index contributed by atoms with van der Waals surface area (Å²) in [4.78, 5) is 22.8. The molecular weight excluding hydrogens is 256 g/mol.